The molecule has 1 aliphatic carbocycles. The molecule has 0 amide bonds. The van der Waals surface area contributed by atoms with Crippen LogP contribution in [-0.4, -0.2) is 17.8 Å². The lowest BCUT2D eigenvalue weighted by Crippen LogP contribution is -1.96. The number of hydrogen-bond donors (Lipinski definition) is 0. The van der Waals surface area contributed by atoms with Crippen LogP contribution in [0.2, 0.25) is 0 Å². The molecule has 0 spiro atoms. The van der Waals surface area contributed by atoms with E-state index >= 15 is 0 Å². The predicted molar refractivity (Wildman–Crippen MR) is 45.3 cm³/mol. The third-order valence-electron chi connectivity index (χ3n) is 2.08. The summed E-state index contributed by atoms with van der Waals surface area (Å²) in [5, 5.41) is 0. The number of thioether (sulfide) groups is 1. The first-order valence-electron chi connectivity index (χ1n) is 3.83. The maximum Gasteiger partial charge on any atom is 0.133 e. The minimum atomic E-state index is 0.478. The Morgan fingerprint density at radius 1 is 1.70 bits per heavy atom. The molecule has 0 bridgehead atoms. The summed E-state index contributed by atoms with van der Waals surface area (Å²) in [7, 11) is 0. The average molecular weight is 158 g/mol. The van der Waals surface area contributed by atoms with Crippen LogP contribution >= 0.6 is 11.8 Å². The second kappa shape index (κ2) is 4.02. The lowest BCUT2D eigenvalue weighted by Gasteiger charge is -2.04. The monoisotopic (exact) mass is 158 g/mol. The van der Waals surface area contributed by atoms with E-state index < -0.39 is 0 Å². The zero-order valence-electron chi connectivity index (χ0n) is 6.43. The van der Waals surface area contributed by atoms with Gasteiger partial charge < -0.3 is 0 Å². The Labute approximate surface area is 66.6 Å². The van der Waals surface area contributed by atoms with Crippen LogP contribution in [0.5, 0.6) is 0 Å². The molecule has 1 aliphatic rings. The van der Waals surface area contributed by atoms with Gasteiger partial charge in [-0.2, -0.15) is 11.8 Å². The van der Waals surface area contributed by atoms with Gasteiger partial charge in [-0.05, 0) is 30.8 Å². The average Bonchev–Trinajstić information content (AvgIpc) is 2.31. The standard InChI is InChI=1S/C8H14OS/c1-10-5-4-7-2-3-8(9)6-7/h7H,2-6H2,1H3. The molecule has 1 saturated carbocycles. The van der Waals surface area contributed by atoms with Crippen molar-refractivity contribution in [3.05, 3.63) is 0 Å². The van der Waals surface area contributed by atoms with Crippen molar-refractivity contribution in [2.24, 2.45) is 5.92 Å². The number of carbonyl (C=O) groups excluding carboxylic acids is 1. The van der Waals surface area contributed by atoms with Gasteiger partial charge in [-0.25, -0.2) is 0 Å². The van der Waals surface area contributed by atoms with Gasteiger partial charge in [0.2, 0.25) is 0 Å². The first-order chi connectivity index (χ1) is 4.83. The van der Waals surface area contributed by atoms with Crippen LogP contribution in [0.15, 0.2) is 0 Å². The molecule has 0 aliphatic heterocycles. The van der Waals surface area contributed by atoms with E-state index in [1.165, 1.54) is 12.2 Å². The van der Waals surface area contributed by atoms with Crippen molar-refractivity contribution in [1.29, 1.82) is 0 Å². The van der Waals surface area contributed by atoms with E-state index in [2.05, 4.69) is 6.26 Å². The number of ketones is 1. The second-order valence-corrected chi connectivity index (χ2v) is 3.91. The Balaban J connectivity index is 2.12. The number of rotatable bonds is 3. The molecule has 1 atom stereocenters. The van der Waals surface area contributed by atoms with Gasteiger partial charge in [0, 0.05) is 12.8 Å². The van der Waals surface area contributed by atoms with E-state index in [9.17, 15) is 4.79 Å². The first kappa shape index (κ1) is 8.12. The maximum atomic E-state index is 10.8. The van der Waals surface area contributed by atoms with E-state index in [-0.39, 0.29) is 0 Å². The molecule has 0 saturated heterocycles. The van der Waals surface area contributed by atoms with Crippen molar-refractivity contribution >= 4 is 17.5 Å². The van der Waals surface area contributed by atoms with Crippen molar-refractivity contribution in [2.45, 2.75) is 25.7 Å². The molecule has 10 heavy (non-hydrogen) atoms. The smallest absolute Gasteiger partial charge is 0.133 e. The zero-order valence-corrected chi connectivity index (χ0v) is 7.25. The van der Waals surface area contributed by atoms with Crippen molar-refractivity contribution in [3.8, 4) is 0 Å². The summed E-state index contributed by atoms with van der Waals surface area (Å²) in [4.78, 5) is 10.8. The molecule has 0 aromatic carbocycles. The summed E-state index contributed by atoms with van der Waals surface area (Å²) in [5.74, 6) is 2.42. The Bertz CT molecular complexity index is 122. The minimum absolute atomic E-state index is 0.478. The summed E-state index contributed by atoms with van der Waals surface area (Å²) < 4.78 is 0. The van der Waals surface area contributed by atoms with E-state index in [1.54, 1.807) is 0 Å². The fraction of sp³-hybridized carbons (Fsp3) is 0.875. The van der Waals surface area contributed by atoms with Gasteiger partial charge in [-0.1, -0.05) is 0 Å². The largest absolute Gasteiger partial charge is 0.300 e. The quantitative estimate of drug-likeness (QED) is 0.625. The van der Waals surface area contributed by atoms with Gasteiger partial charge in [0.25, 0.3) is 0 Å². The fourth-order valence-corrected chi connectivity index (χ4v) is 1.99. The molecule has 0 heterocycles. The molecule has 0 aromatic heterocycles. The SMILES string of the molecule is CSCCC1CCC(=O)C1. The van der Waals surface area contributed by atoms with Crippen LogP contribution in [0.3, 0.4) is 0 Å². The van der Waals surface area contributed by atoms with Crippen LogP contribution in [0.4, 0.5) is 0 Å². The van der Waals surface area contributed by atoms with E-state index in [4.69, 9.17) is 0 Å². The lowest BCUT2D eigenvalue weighted by atomic mass is 10.1. The molecule has 1 fully saturated rings. The minimum Gasteiger partial charge on any atom is -0.300 e. The first-order valence-corrected chi connectivity index (χ1v) is 5.23. The fourth-order valence-electron chi connectivity index (χ4n) is 1.42. The van der Waals surface area contributed by atoms with Crippen LogP contribution in [0.1, 0.15) is 25.7 Å². The molecule has 1 unspecified atom stereocenters. The molecule has 0 N–H and O–H groups in total. The summed E-state index contributed by atoms with van der Waals surface area (Å²) in [5.41, 5.74) is 0. The molecule has 1 nitrogen and oxygen atoms in total. The van der Waals surface area contributed by atoms with E-state index in [0.717, 1.165) is 25.2 Å². The van der Waals surface area contributed by atoms with E-state index in [0.29, 0.717) is 5.78 Å². The van der Waals surface area contributed by atoms with Gasteiger partial charge in [-0.15, -0.1) is 0 Å². The lowest BCUT2D eigenvalue weighted by molar-refractivity contribution is -0.117. The Morgan fingerprint density at radius 2 is 2.50 bits per heavy atom. The number of hydrogen-bond acceptors (Lipinski definition) is 2. The summed E-state index contributed by atoms with van der Waals surface area (Å²) in [6, 6.07) is 0. The van der Waals surface area contributed by atoms with Crippen molar-refractivity contribution < 1.29 is 4.79 Å². The molecule has 2 heteroatoms. The van der Waals surface area contributed by atoms with Crippen molar-refractivity contribution in [1.82, 2.24) is 0 Å². The zero-order chi connectivity index (χ0) is 7.40. The summed E-state index contributed by atoms with van der Waals surface area (Å²) in [6.45, 7) is 0. The highest BCUT2D eigenvalue weighted by Gasteiger charge is 2.20. The van der Waals surface area contributed by atoms with E-state index in [1.807, 2.05) is 11.8 Å². The van der Waals surface area contributed by atoms with Gasteiger partial charge in [0.15, 0.2) is 0 Å². The normalized spacial score (nSPS) is 25.7. The Morgan fingerprint density at radius 3 is 3.00 bits per heavy atom. The second-order valence-electron chi connectivity index (χ2n) is 2.93. The van der Waals surface area contributed by atoms with Gasteiger partial charge in [0.1, 0.15) is 5.78 Å². The number of Topliss-reactive ketones (excluding diaryl/α,β-unsaturated/α-hetero) is 1. The molecular formula is C8H14OS. The van der Waals surface area contributed by atoms with Crippen LogP contribution < -0.4 is 0 Å². The number of carbonyl (C=O) groups is 1. The van der Waals surface area contributed by atoms with Crippen molar-refractivity contribution in [2.75, 3.05) is 12.0 Å². The third-order valence-corrected chi connectivity index (χ3v) is 2.72. The maximum absolute atomic E-state index is 10.8. The molecule has 1 rings (SSSR count). The Kier molecular flexibility index (Phi) is 3.26. The van der Waals surface area contributed by atoms with Crippen LogP contribution in [0, 0.1) is 5.92 Å². The third kappa shape index (κ3) is 2.33. The predicted octanol–water partition coefficient (Wildman–Crippen LogP) is 2.11. The van der Waals surface area contributed by atoms with Crippen molar-refractivity contribution in [3.63, 3.8) is 0 Å². The van der Waals surface area contributed by atoms with Gasteiger partial charge in [0.05, 0.1) is 0 Å². The summed E-state index contributed by atoms with van der Waals surface area (Å²) >= 11 is 1.88. The molecule has 0 aromatic rings. The topological polar surface area (TPSA) is 17.1 Å². The molecular weight excluding hydrogens is 144 g/mol. The van der Waals surface area contributed by atoms with Gasteiger partial charge >= 0.3 is 0 Å². The highest BCUT2D eigenvalue weighted by Crippen LogP contribution is 2.25. The molecule has 0 radical (unpaired) electrons. The highest BCUT2D eigenvalue weighted by atomic mass is 32.2. The Hall–Kier alpha value is 0.0200. The van der Waals surface area contributed by atoms with Gasteiger partial charge in [-0.3, -0.25) is 4.79 Å². The summed E-state index contributed by atoms with van der Waals surface area (Å²) in [6.07, 6.45) is 6.22. The highest BCUT2D eigenvalue weighted by molar-refractivity contribution is 7.98. The van der Waals surface area contributed by atoms with Crippen LogP contribution in [0.25, 0.3) is 0 Å². The van der Waals surface area contributed by atoms with Crippen LogP contribution in [-0.2, 0) is 4.79 Å². The molecule has 58 valence electrons.